The molecule has 65 heavy (non-hydrogen) atoms. The molecule has 2 aliphatic rings. The number of carbonyl (C=O) groups excluding carboxylic acids is 4. The maximum atomic E-state index is 14.0. The molecule has 2 aromatic heterocycles. The van der Waals surface area contributed by atoms with Gasteiger partial charge in [-0.15, -0.1) is 19.7 Å². The number of hydrogen-bond acceptors (Lipinski definition) is 11. The van der Waals surface area contributed by atoms with E-state index in [1.165, 1.54) is 19.4 Å². The highest BCUT2D eigenvalue weighted by molar-refractivity contribution is 5.97. The number of aromatic nitrogens is 4. The zero-order valence-electron chi connectivity index (χ0n) is 35.9. The fourth-order valence-electron chi connectivity index (χ4n) is 8.83. The molecule has 4 heterocycles. The number of ether oxygens (including phenoxy) is 2. The van der Waals surface area contributed by atoms with Gasteiger partial charge < -0.3 is 50.7 Å². The third-order valence-corrected chi connectivity index (χ3v) is 12.1. The van der Waals surface area contributed by atoms with Crippen molar-refractivity contribution in [2.75, 3.05) is 20.2 Å². The molecule has 3 aromatic carbocycles. The van der Waals surface area contributed by atoms with Gasteiger partial charge in [-0.05, 0) is 89.9 Å². The van der Waals surface area contributed by atoms with Crippen molar-refractivity contribution < 1.29 is 28.7 Å². The van der Waals surface area contributed by atoms with Crippen LogP contribution in [0.2, 0.25) is 0 Å². The average molecular weight is 878 g/mol. The Kier molecular flexibility index (Phi) is 13.6. The molecule has 7 N–H and O–H groups in total. The van der Waals surface area contributed by atoms with E-state index in [0.717, 1.165) is 57.0 Å². The number of benzene rings is 3. The second kappa shape index (κ2) is 19.6. The van der Waals surface area contributed by atoms with Crippen molar-refractivity contribution in [3.05, 3.63) is 116 Å². The number of rotatable bonds is 17. The van der Waals surface area contributed by atoms with Gasteiger partial charge in [0.05, 0.1) is 41.3 Å². The van der Waals surface area contributed by atoms with Crippen LogP contribution in [0.15, 0.2) is 93.1 Å². The molecule has 0 aliphatic carbocycles. The summed E-state index contributed by atoms with van der Waals surface area (Å²) in [4.78, 5) is 72.4. The first-order chi connectivity index (χ1) is 31.5. The van der Waals surface area contributed by atoms with E-state index in [1.807, 2.05) is 48.5 Å². The Morgan fingerprint density at radius 1 is 0.723 bits per heavy atom. The summed E-state index contributed by atoms with van der Waals surface area (Å²) in [5.41, 5.74) is 7.74. The lowest BCUT2D eigenvalue weighted by molar-refractivity contribution is -0.135. The highest BCUT2D eigenvalue weighted by Gasteiger charge is 2.40. The van der Waals surface area contributed by atoms with Crippen molar-refractivity contribution >= 4 is 71.0 Å². The number of nitrogens with zero attached hydrogens (tertiary/aromatic N) is 4. The first kappa shape index (κ1) is 45.1. The Bertz CT molecular complexity index is 2720. The van der Waals surface area contributed by atoms with Gasteiger partial charge in [0, 0.05) is 42.9 Å². The van der Waals surface area contributed by atoms with E-state index >= 15 is 0 Å². The summed E-state index contributed by atoms with van der Waals surface area (Å²) in [6, 6.07) is 12.7. The number of carbonyl (C=O) groups is 4. The van der Waals surface area contributed by atoms with E-state index in [4.69, 9.17) is 30.9 Å². The van der Waals surface area contributed by atoms with E-state index in [9.17, 15) is 19.2 Å². The number of methoxy groups -OCH3 is 1. The van der Waals surface area contributed by atoms with Crippen LogP contribution in [0.5, 0.6) is 0 Å². The zero-order valence-corrected chi connectivity index (χ0v) is 35.9. The van der Waals surface area contributed by atoms with Gasteiger partial charge in [-0.3, -0.25) is 15.0 Å². The quantitative estimate of drug-likeness (QED) is 0.0278. The van der Waals surface area contributed by atoms with Gasteiger partial charge in [0.25, 0.3) is 0 Å². The lowest BCUT2D eigenvalue weighted by atomic mass is 9.90. The molecule has 5 atom stereocenters. The second-order valence-electron chi connectivity index (χ2n) is 15.7. The van der Waals surface area contributed by atoms with E-state index in [1.54, 1.807) is 28.0 Å². The normalized spacial score (nSPS) is 17.2. The minimum absolute atomic E-state index is 0.287. The van der Waals surface area contributed by atoms with E-state index in [-0.39, 0.29) is 11.9 Å². The van der Waals surface area contributed by atoms with Crippen LogP contribution in [0, 0.1) is 28.1 Å². The fraction of sp³-hybridized carbons (Fsp3) is 0.271. The monoisotopic (exact) mass is 877 g/mol. The van der Waals surface area contributed by atoms with E-state index < -0.39 is 48.1 Å². The smallest absolute Gasteiger partial charge is 0.414 e. The maximum Gasteiger partial charge on any atom is 0.414 e. The summed E-state index contributed by atoms with van der Waals surface area (Å²) in [7, 11) is 1.24. The molecule has 0 spiro atoms. The molecule has 17 heteroatoms. The van der Waals surface area contributed by atoms with Gasteiger partial charge in [0.1, 0.15) is 23.7 Å². The van der Waals surface area contributed by atoms with Crippen LogP contribution in [0.3, 0.4) is 0 Å². The Labute approximate surface area is 375 Å². The molecule has 5 aromatic rings. The number of fused-ring (bicyclic) bond motifs is 2. The van der Waals surface area contributed by atoms with Crippen LogP contribution >= 0.6 is 0 Å². The first-order valence-electron chi connectivity index (χ1n) is 21.1. The molecule has 1 unspecified atom stereocenters. The van der Waals surface area contributed by atoms with Crippen molar-refractivity contribution in [2.24, 2.45) is 11.8 Å². The van der Waals surface area contributed by atoms with Crippen LogP contribution in [0.1, 0.15) is 60.5 Å². The molecule has 0 saturated carbocycles. The molecule has 334 valence electrons. The molecular formula is C48H51N11O6. The van der Waals surface area contributed by atoms with Crippen LogP contribution in [0.4, 0.5) is 9.59 Å². The predicted molar refractivity (Wildman–Crippen MR) is 250 cm³/mol. The largest absolute Gasteiger partial charge is 0.453 e. The van der Waals surface area contributed by atoms with Gasteiger partial charge >= 0.3 is 12.2 Å². The topological polar surface area (TPSA) is 246 Å². The fourth-order valence-corrected chi connectivity index (χ4v) is 8.83. The first-order valence-corrected chi connectivity index (χ1v) is 21.1. The van der Waals surface area contributed by atoms with Gasteiger partial charge in [0.15, 0.2) is 6.40 Å². The minimum atomic E-state index is -1.17. The highest BCUT2D eigenvalue weighted by atomic mass is 16.5. The highest BCUT2D eigenvalue weighted by Crippen LogP contribution is 2.38. The van der Waals surface area contributed by atoms with Crippen LogP contribution in [0.25, 0.3) is 50.4 Å². The van der Waals surface area contributed by atoms with Gasteiger partial charge in [-0.1, -0.05) is 43.0 Å². The number of likely N-dealkylation sites (tertiary alicyclic amines) is 2. The zero-order chi connectivity index (χ0) is 46.4. The number of alkyl carbamates (subject to hydrolysis) is 2. The molecule has 7 rings (SSSR count). The Morgan fingerprint density at radius 2 is 1.22 bits per heavy atom. The van der Waals surface area contributed by atoms with Crippen molar-refractivity contribution in [3.8, 4) is 22.3 Å². The van der Waals surface area contributed by atoms with Crippen molar-refractivity contribution in [2.45, 2.75) is 49.9 Å². The van der Waals surface area contributed by atoms with Gasteiger partial charge in [0.2, 0.25) is 11.8 Å². The number of aromatic amines is 2. The third-order valence-electron chi connectivity index (χ3n) is 12.1. The van der Waals surface area contributed by atoms with Crippen LogP contribution in [-0.2, 0) is 19.1 Å². The van der Waals surface area contributed by atoms with Gasteiger partial charge in [-0.25, -0.2) is 19.6 Å². The molecule has 2 saturated heterocycles. The number of H-pyrrole nitrogens is 2. The Balaban J connectivity index is 1.15. The summed E-state index contributed by atoms with van der Waals surface area (Å²) >= 11 is 0. The van der Waals surface area contributed by atoms with Gasteiger partial charge in [-0.2, -0.15) is 0 Å². The summed E-state index contributed by atoms with van der Waals surface area (Å²) in [5, 5.41) is 28.5. The summed E-state index contributed by atoms with van der Waals surface area (Å²) in [5.74, 6) is -0.843. The molecule has 2 fully saturated rings. The number of imidazole rings is 2. The Hall–Kier alpha value is -7.95. The lowest BCUT2D eigenvalue weighted by Crippen LogP contribution is -2.52. The van der Waals surface area contributed by atoms with Crippen LogP contribution in [-0.4, -0.2) is 105 Å². The number of nitrogens with one attached hydrogen (secondary N) is 7. The van der Waals surface area contributed by atoms with Crippen molar-refractivity contribution in [3.63, 3.8) is 0 Å². The predicted octanol–water partition coefficient (Wildman–Crippen LogP) is 7.61. The average Bonchev–Trinajstić information content (AvgIpc) is 4.16. The van der Waals surface area contributed by atoms with E-state index in [0.29, 0.717) is 61.5 Å². The number of hydrogen-bond donors (Lipinski definition) is 7. The maximum absolute atomic E-state index is 14.0. The Morgan fingerprint density at radius 3 is 1.68 bits per heavy atom. The number of amides is 4. The third kappa shape index (κ3) is 8.98. The lowest BCUT2D eigenvalue weighted by Gasteiger charge is -2.30. The molecular weight excluding hydrogens is 827 g/mol. The molecule has 4 amide bonds. The summed E-state index contributed by atoms with van der Waals surface area (Å²) in [6.07, 6.45) is 10.2. The molecule has 0 radical (unpaired) electrons. The van der Waals surface area contributed by atoms with E-state index in [2.05, 4.69) is 51.7 Å². The van der Waals surface area contributed by atoms with Crippen LogP contribution < -0.4 is 10.6 Å². The molecule has 0 bridgehead atoms. The van der Waals surface area contributed by atoms with Crippen molar-refractivity contribution in [1.29, 1.82) is 16.2 Å². The summed E-state index contributed by atoms with van der Waals surface area (Å²) in [6.45, 7) is 16.4. The standard InChI is InChI=1S/C48H51N11O6/c1-6-27(7-2)41(56-47(62)64-5)45(60)58-18-10-12-39(58)43-52-35-16-14-30(22-37(35)54-43)33-21-32(25-50)34(20-28(33)8-3)31-15-17-36-38(23-31)55-44(53-36)40-13-11-19-59(40)46(61)42(29(9-4)24-49)57-48(63)65-26-51/h6-9,14-17,20-27,29,39-42,49-51H,1-4,10-13,18-19H2,5H3,(H,52,54)(H,53,55)(H,56,62)(H,57,63)/t29?,39-,40-,41-,42-/m0/s1. The minimum Gasteiger partial charge on any atom is -0.453 e. The molecule has 17 nitrogen and oxygen atoms in total. The second-order valence-corrected chi connectivity index (χ2v) is 15.7. The molecule has 2 aliphatic heterocycles. The van der Waals surface area contributed by atoms with Crippen molar-refractivity contribution in [1.82, 2.24) is 40.4 Å². The SMILES string of the molecule is C=Cc1cc(-c2ccc3nc([C@@H]4CCCN4C(=O)[C@@H](NC(=O)OC=N)C(C=C)C=N)[nH]c3c2)c(C=N)cc1-c1ccc2nc([C@@H]3CCCN3C(=O)[C@@H](NC(=O)OC)C(C=C)C=C)[nH]c2c1. The summed E-state index contributed by atoms with van der Waals surface area (Å²) < 4.78 is 9.39.